The Labute approximate surface area is 152 Å². The molecule has 0 N–H and O–H groups in total. The monoisotopic (exact) mass is 394 g/mol. The summed E-state index contributed by atoms with van der Waals surface area (Å²) in [5, 5.41) is 0. The molecule has 1 unspecified atom stereocenters. The van der Waals surface area contributed by atoms with Gasteiger partial charge in [0.15, 0.2) is 5.78 Å². The van der Waals surface area contributed by atoms with E-state index in [9.17, 15) is 9.59 Å². The largest absolute Gasteiger partial charge is 0.462 e. The van der Waals surface area contributed by atoms with Crippen molar-refractivity contribution >= 4 is 27.7 Å². The van der Waals surface area contributed by atoms with Gasteiger partial charge in [0.05, 0.1) is 0 Å². The van der Waals surface area contributed by atoms with E-state index in [1.807, 2.05) is 6.08 Å². The van der Waals surface area contributed by atoms with Crippen LogP contribution in [0.4, 0.5) is 0 Å². The molecule has 0 bridgehead atoms. The highest BCUT2D eigenvalue weighted by molar-refractivity contribution is 9.09. The lowest BCUT2D eigenvalue weighted by atomic mass is 9.52. The van der Waals surface area contributed by atoms with Crippen molar-refractivity contribution in [2.75, 3.05) is 0 Å². The Bertz CT molecular complexity index is 598. The molecule has 3 saturated carbocycles. The van der Waals surface area contributed by atoms with Crippen LogP contribution in [0.2, 0.25) is 0 Å². The molecule has 4 aliphatic rings. The van der Waals surface area contributed by atoms with E-state index < -0.39 is 0 Å². The topological polar surface area (TPSA) is 43.4 Å². The Morgan fingerprint density at radius 3 is 2.79 bits per heavy atom. The molecule has 4 heteroatoms. The maximum absolute atomic E-state index is 11.9. The van der Waals surface area contributed by atoms with E-state index in [2.05, 4.69) is 22.9 Å². The molecule has 0 aromatic rings. The van der Waals surface area contributed by atoms with Gasteiger partial charge in [-0.15, -0.1) is 0 Å². The molecule has 3 fully saturated rings. The van der Waals surface area contributed by atoms with Crippen molar-refractivity contribution < 1.29 is 14.3 Å². The number of ketones is 1. The fourth-order valence-electron chi connectivity index (χ4n) is 6.49. The van der Waals surface area contributed by atoms with Gasteiger partial charge in [-0.25, -0.2) is 0 Å². The molecule has 3 nitrogen and oxygen atoms in total. The summed E-state index contributed by atoms with van der Waals surface area (Å²) in [7, 11) is 0. The molecular weight excluding hydrogens is 368 g/mol. The zero-order chi connectivity index (χ0) is 17.1. The van der Waals surface area contributed by atoms with E-state index in [4.69, 9.17) is 4.74 Å². The van der Waals surface area contributed by atoms with Gasteiger partial charge in [-0.2, -0.15) is 0 Å². The maximum Gasteiger partial charge on any atom is 0.302 e. The van der Waals surface area contributed by atoms with Gasteiger partial charge >= 0.3 is 5.97 Å². The quantitative estimate of drug-likeness (QED) is 0.487. The highest BCUT2D eigenvalue weighted by atomic mass is 79.9. The Hall–Kier alpha value is -0.640. The lowest BCUT2D eigenvalue weighted by Gasteiger charge is -2.54. The number of esters is 1. The van der Waals surface area contributed by atoms with Crippen LogP contribution in [0.5, 0.6) is 0 Å². The third-order valence-electron chi connectivity index (χ3n) is 7.53. The van der Waals surface area contributed by atoms with Crippen molar-refractivity contribution in [3.8, 4) is 0 Å². The molecule has 4 aliphatic carbocycles. The average molecular weight is 395 g/mol. The number of hydrogen-bond donors (Lipinski definition) is 0. The first-order chi connectivity index (χ1) is 11.4. The Kier molecular flexibility index (Phi) is 4.18. The van der Waals surface area contributed by atoms with Crippen molar-refractivity contribution in [2.24, 2.45) is 29.1 Å². The average Bonchev–Trinajstić information content (AvgIpc) is 2.84. The minimum Gasteiger partial charge on any atom is -0.462 e. The predicted octanol–water partition coefficient (Wildman–Crippen LogP) is 4.43. The first kappa shape index (κ1) is 16.8. The fraction of sp³-hybridized carbons (Fsp3) is 0.800. The number of carbonyl (C=O) groups is 2. The number of ether oxygens (including phenoxy) is 1. The highest BCUT2D eigenvalue weighted by Crippen LogP contribution is 2.63. The summed E-state index contributed by atoms with van der Waals surface area (Å²) in [6.07, 6.45) is 9.48. The van der Waals surface area contributed by atoms with Crippen LogP contribution in [-0.2, 0) is 14.3 Å². The molecule has 7 atom stereocenters. The van der Waals surface area contributed by atoms with E-state index in [0.717, 1.165) is 32.1 Å². The molecule has 0 aromatic heterocycles. The second kappa shape index (κ2) is 5.96. The molecule has 0 aliphatic heterocycles. The van der Waals surface area contributed by atoms with Crippen LogP contribution < -0.4 is 0 Å². The molecular formula is C20H27BrO3. The fourth-order valence-corrected chi connectivity index (χ4v) is 7.39. The van der Waals surface area contributed by atoms with E-state index in [-0.39, 0.29) is 17.5 Å². The van der Waals surface area contributed by atoms with Crippen LogP contribution in [0.15, 0.2) is 11.6 Å². The van der Waals surface area contributed by atoms with Crippen LogP contribution >= 0.6 is 15.9 Å². The Morgan fingerprint density at radius 2 is 2.04 bits per heavy atom. The number of alkyl halides is 1. The molecule has 0 aromatic carbocycles. The van der Waals surface area contributed by atoms with Crippen LogP contribution in [0, 0.1) is 29.1 Å². The van der Waals surface area contributed by atoms with Crippen molar-refractivity contribution in [3.63, 3.8) is 0 Å². The first-order valence-electron chi connectivity index (χ1n) is 9.45. The normalized spacial score (nSPS) is 47.3. The number of rotatable bonds is 1. The van der Waals surface area contributed by atoms with Gasteiger partial charge < -0.3 is 4.74 Å². The van der Waals surface area contributed by atoms with Gasteiger partial charge in [0.2, 0.25) is 0 Å². The second-order valence-corrected chi connectivity index (χ2v) is 9.72. The number of fused-ring (bicyclic) bond motifs is 5. The molecule has 0 saturated heterocycles. The molecule has 0 amide bonds. The molecule has 0 spiro atoms. The summed E-state index contributed by atoms with van der Waals surface area (Å²) in [6, 6.07) is 0. The van der Waals surface area contributed by atoms with Crippen molar-refractivity contribution in [3.05, 3.63) is 11.6 Å². The first-order valence-corrected chi connectivity index (χ1v) is 10.4. The molecule has 0 heterocycles. The predicted molar refractivity (Wildman–Crippen MR) is 95.7 cm³/mol. The molecule has 24 heavy (non-hydrogen) atoms. The number of allylic oxidation sites excluding steroid dienone is 1. The SMILES string of the molecule is CC(=O)O[C@H]1CC[C@H]2[C@@H]3CC(Br)C4=CC(=O)CC[C@@H]4[C@H]3CC[C@]12C. The summed E-state index contributed by atoms with van der Waals surface area (Å²) in [5.41, 5.74) is 1.51. The zero-order valence-electron chi connectivity index (χ0n) is 14.6. The standard InChI is InChI=1S/C20H27BrO3/c1-11(22)24-19-6-5-17-15-10-18(21)16-9-12(23)3-4-13(16)14(15)7-8-20(17,19)2/h9,13-15,17-19H,3-8,10H2,1-2H3/t13-,14-,15-,17+,18?,19+,20+/m1/s1. The minimum absolute atomic E-state index is 0.0969. The Balaban J connectivity index is 1.61. The van der Waals surface area contributed by atoms with Crippen molar-refractivity contribution in [1.29, 1.82) is 0 Å². The number of hydrogen-bond acceptors (Lipinski definition) is 3. The van der Waals surface area contributed by atoms with E-state index in [1.165, 1.54) is 25.3 Å². The van der Waals surface area contributed by atoms with Crippen LogP contribution in [0.1, 0.15) is 58.8 Å². The van der Waals surface area contributed by atoms with Crippen LogP contribution in [-0.4, -0.2) is 22.7 Å². The summed E-state index contributed by atoms with van der Waals surface area (Å²) in [4.78, 5) is 23.7. The van der Waals surface area contributed by atoms with Gasteiger partial charge in [-0.1, -0.05) is 22.9 Å². The number of halogens is 1. The maximum atomic E-state index is 11.9. The molecule has 0 radical (unpaired) electrons. The van der Waals surface area contributed by atoms with Crippen molar-refractivity contribution in [2.45, 2.75) is 69.7 Å². The molecule has 132 valence electrons. The second-order valence-electron chi connectivity index (χ2n) is 8.61. The van der Waals surface area contributed by atoms with Gasteiger partial charge in [-0.3, -0.25) is 9.59 Å². The molecule has 4 rings (SSSR count). The van der Waals surface area contributed by atoms with E-state index in [1.54, 1.807) is 0 Å². The van der Waals surface area contributed by atoms with Gasteiger partial charge in [0.1, 0.15) is 6.10 Å². The lowest BCUT2D eigenvalue weighted by Crippen LogP contribution is -2.50. The van der Waals surface area contributed by atoms with Crippen molar-refractivity contribution in [1.82, 2.24) is 0 Å². The van der Waals surface area contributed by atoms with E-state index in [0.29, 0.717) is 34.3 Å². The lowest BCUT2D eigenvalue weighted by molar-refractivity contribution is -0.156. The summed E-state index contributed by atoms with van der Waals surface area (Å²) in [6.45, 7) is 3.89. The highest BCUT2D eigenvalue weighted by Gasteiger charge is 2.58. The number of carbonyl (C=O) groups excluding carboxylic acids is 2. The van der Waals surface area contributed by atoms with Gasteiger partial charge in [-0.05, 0) is 73.8 Å². The zero-order valence-corrected chi connectivity index (χ0v) is 16.2. The smallest absolute Gasteiger partial charge is 0.302 e. The van der Waals surface area contributed by atoms with Gasteiger partial charge in [0.25, 0.3) is 0 Å². The van der Waals surface area contributed by atoms with Gasteiger partial charge in [0, 0.05) is 23.6 Å². The summed E-state index contributed by atoms with van der Waals surface area (Å²) >= 11 is 3.88. The third kappa shape index (κ3) is 2.51. The third-order valence-corrected chi connectivity index (χ3v) is 8.43. The van der Waals surface area contributed by atoms with E-state index >= 15 is 0 Å². The summed E-state index contributed by atoms with van der Waals surface area (Å²) < 4.78 is 5.70. The minimum atomic E-state index is -0.137. The summed E-state index contributed by atoms with van der Waals surface area (Å²) in [5.74, 6) is 2.82. The Morgan fingerprint density at radius 1 is 1.25 bits per heavy atom. The van der Waals surface area contributed by atoms with Crippen LogP contribution in [0.25, 0.3) is 0 Å². The van der Waals surface area contributed by atoms with Crippen LogP contribution in [0.3, 0.4) is 0 Å².